The molecule has 3 nitrogen and oxygen atoms in total. The first-order chi connectivity index (χ1) is 15.8. The van der Waals surface area contributed by atoms with Gasteiger partial charge < -0.3 is 27.2 Å². The van der Waals surface area contributed by atoms with E-state index in [2.05, 4.69) is 77.5 Å². The van der Waals surface area contributed by atoms with Crippen LogP contribution in [0.2, 0.25) is 0 Å². The molecule has 3 aliphatic rings. The van der Waals surface area contributed by atoms with Gasteiger partial charge in [-0.15, -0.1) is 22.7 Å². The van der Waals surface area contributed by atoms with Gasteiger partial charge in [-0.1, -0.05) is 30.3 Å². The summed E-state index contributed by atoms with van der Waals surface area (Å²) < 4.78 is 2.48. The summed E-state index contributed by atoms with van der Waals surface area (Å²) in [4.78, 5) is 5.25. The van der Waals surface area contributed by atoms with Crippen LogP contribution in [0.5, 0.6) is 0 Å². The summed E-state index contributed by atoms with van der Waals surface area (Å²) in [5.74, 6) is 0.228. The van der Waals surface area contributed by atoms with Crippen LogP contribution in [-0.4, -0.2) is 23.4 Å². The predicted octanol–water partition coefficient (Wildman–Crippen LogP) is 1.60. The molecule has 1 aliphatic carbocycles. The lowest BCUT2D eigenvalue weighted by molar-refractivity contribution is -0.732. The van der Waals surface area contributed by atoms with Crippen LogP contribution in [0, 0.1) is 0 Å². The largest absolute Gasteiger partial charge is 1.00 e. The number of aromatic nitrogens is 1. The number of fused-ring (bicyclic) bond motifs is 1. The van der Waals surface area contributed by atoms with Crippen molar-refractivity contribution in [3.05, 3.63) is 109 Å². The highest BCUT2D eigenvalue weighted by molar-refractivity contribution is 7.13. The number of aliphatic hydroxyl groups is 2. The maximum absolute atomic E-state index is 9.53. The molecular weight excluding hydrogens is 514 g/mol. The fourth-order valence-electron chi connectivity index (χ4n) is 5.86. The highest BCUT2D eigenvalue weighted by Crippen LogP contribution is 2.61. The molecule has 0 spiro atoms. The Balaban J connectivity index is 0.00000228. The van der Waals surface area contributed by atoms with Crippen molar-refractivity contribution >= 4 is 22.7 Å². The van der Waals surface area contributed by atoms with Crippen LogP contribution in [0.25, 0.3) is 0 Å². The van der Waals surface area contributed by atoms with E-state index in [1.165, 1.54) is 36.3 Å². The fraction of sp³-hybridized carbons (Fsp3) is 0.296. The predicted molar refractivity (Wildman–Crippen MR) is 129 cm³/mol. The van der Waals surface area contributed by atoms with Crippen molar-refractivity contribution in [2.75, 3.05) is 13.2 Å². The number of hydrogen-bond acceptors (Lipinski definition) is 4. The van der Waals surface area contributed by atoms with Crippen LogP contribution in [0.4, 0.5) is 0 Å². The molecule has 0 radical (unpaired) electrons. The molecule has 2 N–H and O–H groups in total. The molecule has 2 atom stereocenters. The molecule has 6 heteroatoms. The first-order valence-electron chi connectivity index (χ1n) is 11.2. The van der Waals surface area contributed by atoms with E-state index in [4.69, 9.17) is 0 Å². The molecule has 5 heterocycles. The number of halogens is 1. The lowest BCUT2D eigenvalue weighted by Gasteiger charge is -2.48. The van der Waals surface area contributed by atoms with E-state index in [0.717, 1.165) is 6.42 Å². The van der Waals surface area contributed by atoms with E-state index < -0.39 is 0 Å². The average molecular weight is 541 g/mol. The van der Waals surface area contributed by atoms with Crippen LogP contribution in [0.15, 0.2) is 72.9 Å². The van der Waals surface area contributed by atoms with Crippen molar-refractivity contribution in [2.24, 2.45) is 0 Å². The van der Waals surface area contributed by atoms with Crippen molar-refractivity contribution in [1.29, 1.82) is 0 Å². The maximum atomic E-state index is 9.53. The summed E-state index contributed by atoms with van der Waals surface area (Å²) in [6, 6.07) is 24.9. The van der Waals surface area contributed by atoms with E-state index in [-0.39, 0.29) is 41.5 Å². The average Bonchev–Trinajstić information content (AvgIpc) is 3.50. The minimum absolute atomic E-state index is 0. The van der Waals surface area contributed by atoms with Gasteiger partial charge in [0.25, 0.3) is 0 Å². The zero-order chi connectivity index (χ0) is 21.7. The number of nitrogens with zero attached hydrogens (tertiary/aromatic N) is 1. The Morgan fingerprint density at radius 1 is 0.788 bits per heavy atom. The third-order valence-corrected chi connectivity index (χ3v) is 9.79. The summed E-state index contributed by atoms with van der Waals surface area (Å²) in [7, 11) is 0. The summed E-state index contributed by atoms with van der Waals surface area (Å²) in [6.45, 7) is 0.361. The summed E-state index contributed by atoms with van der Waals surface area (Å²) in [6.07, 6.45) is 4.67. The van der Waals surface area contributed by atoms with Gasteiger partial charge in [-0.3, -0.25) is 0 Å². The van der Waals surface area contributed by atoms with E-state index in [9.17, 15) is 10.2 Å². The van der Waals surface area contributed by atoms with Gasteiger partial charge in [0.05, 0.1) is 11.3 Å². The molecule has 3 aromatic heterocycles. The molecule has 2 unspecified atom stereocenters. The Kier molecular flexibility index (Phi) is 6.31. The van der Waals surface area contributed by atoms with Crippen molar-refractivity contribution in [3.8, 4) is 0 Å². The molecule has 0 saturated heterocycles. The molecular formula is C27H26BrNO2S2. The Bertz CT molecular complexity index is 1190. The van der Waals surface area contributed by atoms with Gasteiger partial charge in [0.1, 0.15) is 0 Å². The minimum atomic E-state index is -0.142. The highest BCUT2D eigenvalue weighted by atomic mass is 79.9. The summed E-state index contributed by atoms with van der Waals surface area (Å²) >= 11 is 3.71. The number of rotatable bonds is 6. The van der Waals surface area contributed by atoms with Crippen molar-refractivity contribution < 1.29 is 31.8 Å². The Hall–Kier alpha value is -1.83. The van der Waals surface area contributed by atoms with E-state index >= 15 is 0 Å². The SMILES string of the molecule is OCCc1ccc(C2(c3ccc(CCO)s3)CC3c4ccccc4C2c2cccc[n+]23)s1.[Br-]. The lowest BCUT2D eigenvalue weighted by Crippen LogP contribution is -3.00. The fourth-order valence-corrected chi connectivity index (χ4v) is 8.41. The molecule has 2 aliphatic heterocycles. The molecule has 0 saturated carbocycles. The maximum Gasteiger partial charge on any atom is 0.190 e. The second-order valence-electron chi connectivity index (χ2n) is 8.77. The van der Waals surface area contributed by atoms with E-state index in [1.54, 1.807) is 0 Å². The van der Waals surface area contributed by atoms with Crippen LogP contribution in [0.3, 0.4) is 0 Å². The van der Waals surface area contributed by atoms with Crippen molar-refractivity contribution in [1.82, 2.24) is 0 Å². The molecule has 33 heavy (non-hydrogen) atoms. The second kappa shape index (κ2) is 9.08. The Morgan fingerprint density at radius 2 is 1.39 bits per heavy atom. The van der Waals surface area contributed by atoms with E-state index in [0.29, 0.717) is 18.9 Å². The number of pyridine rings is 1. The van der Waals surface area contributed by atoms with Gasteiger partial charge >= 0.3 is 0 Å². The number of hydrogen-bond donors (Lipinski definition) is 2. The zero-order valence-corrected chi connectivity index (χ0v) is 21.4. The van der Waals surface area contributed by atoms with Crippen molar-refractivity contribution in [2.45, 2.75) is 36.6 Å². The van der Waals surface area contributed by atoms with Crippen molar-refractivity contribution in [3.63, 3.8) is 0 Å². The Labute approximate surface area is 212 Å². The monoisotopic (exact) mass is 539 g/mol. The first-order valence-corrected chi connectivity index (χ1v) is 12.9. The topological polar surface area (TPSA) is 44.3 Å². The third kappa shape index (κ3) is 3.46. The highest BCUT2D eigenvalue weighted by Gasteiger charge is 2.60. The van der Waals surface area contributed by atoms with E-state index in [1.807, 2.05) is 22.7 Å². The van der Waals surface area contributed by atoms with Crippen LogP contribution in [0.1, 0.15) is 54.7 Å². The van der Waals surface area contributed by atoms with Gasteiger partial charge in [0.15, 0.2) is 17.9 Å². The van der Waals surface area contributed by atoms with Crippen LogP contribution in [-0.2, 0) is 18.3 Å². The second-order valence-corrected chi connectivity index (χ2v) is 11.1. The first kappa shape index (κ1) is 22.9. The molecule has 7 rings (SSSR count). The number of aliphatic hydroxyl groups excluding tert-OH is 2. The van der Waals surface area contributed by atoms with Gasteiger partial charge in [0, 0.05) is 69.7 Å². The molecule has 4 aromatic rings. The normalized spacial score (nSPS) is 19.6. The van der Waals surface area contributed by atoms with Crippen LogP contribution >= 0.6 is 22.7 Å². The van der Waals surface area contributed by atoms with Crippen LogP contribution < -0.4 is 21.5 Å². The standard InChI is InChI=1S/C27H26NO2S2.BrH/c29-15-12-18-8-10-24(31-18)27(25-11-9-19(32-25)13-16-30)17-23-20-5-1-2-6-21(20)26(27)22-7-3-4-14-28(22)23;/h1-11,14,23,26,29-30H,12-13,15-17H2;1H/q+1;/p-1. The summed E-state index contributed by atoms with van der Waals surface area (Å²) in [5, 5.41) is 19.1. The molecule has 2 bridgehead atoms. The minimum Gasteiger partial charge on any atom is -1.00 e. The number of benzene rings is 1. The third-order valence-electron chi connectivity index (χ3n) is 7.15. The molecule has 1 aromatic carbocycles. The Morgan fingerprint density at radius 3 is 2.03 bits per heavy atom. The van der Waals surface area contributed by atoms with Gasteiger partial charge in [-0.05, 0) is 29.8 Å². The van der Waals surface area contributed by atoms with Gasteiger partial charge in [-0.2, -0.15) is 4.57 Å². The van der Waals surface area contributed by atoms with Gasteiger partial charge in [-0.25, -0.2) is 0 Å². The quantitative estimate of drug-likeness (QED) is 0.365. The summed E-state index contributed by atoms with van der Waals surface area (Å²) in [5.41, 5.74) is 4.11. The number of thiophene rings is 2. The molecule has 0 amide bonds. The molecule has 170 valence electrons. The van der Waals surface area contributed by atoms with Gasteiger partial charge in [0.2, 0.25) is 0 Å². The lowest BCUT2D eigenvalue weighted by atomic mass is 9.57. The zero-order valence-electron chi connectivity index (χ0n) is 18.2. The molecule has 0 fully saturated rings. The smallest absolute Gasteiger partial charge is 0.190 e.